The monoisotopic (exact) mass is 544 g/mol. The summed E-state index contributed by atoms with van der Waals surface area (Å²) in [7, 11) is 1.59. The molecule has 0 aromatic heterocycles. The van der Waals surface area contributed by atoms with Crippen molar-refractivity contribution in [3.63, 3.8) is 0 Å². The number of methoxy groups -OCH3 is 1. The molecule has 2 N–H and O–H groups in total. The summed E-state index contributed by atoms with van der Waals surface area (Å²) in [6.45, 7) is 10.1. The smallest absolute Gasteiger partial charge is 0.316 e. The highest BCUT2D eigenvalue weighted by Gasteiger charge is 2.51. The van der Waals surface area contributed by atoms with Crippen LogP contribution >= 0.6 is 0 Å². The van der Waals surface area contributed by atoms with E-state index in [2.05, 4.69) is 39.8 Å². The Bertz CT molecular complexity index is 1010. The molecule has 0 saturated carbocycles. The van der Waals surface area contributed by atoms with Gasteiger partial charge in [0.05, 0.1) is 24.9 Å². The molecule has 7 heteroatoms. The van der Waals surface area contributed by atoms with Crippen molar-refractivity contribution in [3.05, 3.63) is 47.1 Å². The Morgan fingerprint density at radius 1 is 1.13 bits per heavy atom. The zero-order valence-electron chi connectivity index (χ0n) is 24.5. The van der Waals surface area contributed by atoms with Crippen LogP contribution in [0.2, 0.25) is 0 Å². The number of esters is 1. The molecule has 0 aromatic carbocycles. The molecule has 7 nitrogen and oxygen atoms in total. The van der Waals surface area contributed by atoms with Gasteiger partial charge >= 0.3 is 5.97 Å². The molecule has 39 heavy (non-hydrogen) atoms. The van der Waals surface area contributed by atoms with Gasteiger partial charge in [-0.15, -0.1) is 0 Å². The third-order valence-corrected chi connectivity index (χ3v) is 9.23. The van der Waals surface area contributed by atoms with E-state index < -0.39 is 29.4 Å². The summed E-state index contributed by atoms with van der Waals surface area (Å²) in [5, 5.41) is 22.4. The van der Waals surface area contributed by atoms with Gasteiger partial charge < -0.3 is 29.2 Å². The lowest BCUT2D eigenvalue weighted by atomic mass is 9.71. The van der Waals surface area contributed by atoms with Gasteiger partial charge in [0, 0.05) is 32.8 Å². The van der Waals surface area contributed by atoms with Gasteiger partial charge in [-0.3, -0.25) is 4.79 Å². The fourth-order valence-electron chi connectivity index (χ4n) is 6.66. The van der Waals surface area contributed by atoms with Crippen molar-refractivity contribution in [1.82, 2.24) is 0 Å². The molecular formula is C32H48O7. The van der Waals surface area contributed by atoms with Gasteiger partial charge in [0.1, 0.15) is 17.6 Å². The topological polar surface area (TPSA) is 94.5 Å². The van der Waals surface area contributed by atoms with Crippen LogP contribution in [0.4, 0.5) is 0 Å². The maximum absolute atomic E-state index is 13.9. The average Bonchev–Trinajstić information content (AvgIpc) is 2.88. The highest BCUT2D eigenvalue weighted by atomic mass is 16.7. The highest BCUT2D eigenvalue weighted by Crippen LogP contribution is 2.44. The number of hydrogen-bond acceptors (Lipinski definition) is 7. The number of hydrogen-bond donors (Lipinski definition) is 2. The first-order valence-corrected chi connectivity index (χ1v) is 14.6. The number of rotatable bonds is 2. The number of carbonyl (C=O) groups is 1. The van der Waals surface area contributed by atoms with Crippen LogP contribution in [-0.4, -0.2) is 65.7 Å². The van der Waals surface area contributed by atoms with E-state index in [-0.39, 0.29) is 37.3 Å². The van der Waals surface area contributed by atoms with Gasteiger partial charge in [0.15, 0.2) is 5.79 Å². The summed E-state index contributed by atoms with van der Waals surface area (Å²) >= 11 is 0. The van der Waals surface area contributed by atoms with Crippen molar-refractivity contribution in [2.75, 3.05) is 13.7 Å². The molecule has 9 atom stereocenters. The molecule has 2 bridgehead atoms. The number of allylic oxidation sites excluding steroid dienone is 4. The number of fused-ring (bicyclic) bond motifs is 3. The minimum atomic E-state index is -1.64. The van der Waals surface area contributed by atoms with Crippen LogP contribution in [-0.2, 0) is 23.7 Å². The maximum atomic E-state index is 13.9. The van der Waals surface area contributed by atoms with E-state index in [1.807, 2.05) is 13.0 Å². The number of aliphatic hydroxyl groups excluding tert-OH is 1. The number of carbonyl (C=O) groups excluding carboxylic acids is 1. The molecule has 0 unspecified atom stereocenters. The molecule has 4 aliphatic rings. The van der Waals surface area contributed by atoms with Crippen molar-refractivity contribution >= 4 is 5.97 Å². The van der Waals surface area contributed by atoms with Gasteiger partial charge in [-0.25, -0.2) is 0 Å². The molecule has 0 amide bonds. The van der Waals surface area contributed by atoms with E-state index in [9.17, 15) is 15.0 Å². The van der Waals surface area contributed by atoms with Gasteiger partial charge in [-0.05, 0) is 63.0 Å². The zero-order valence-corrected chi connectivity index (χ0v) is 24.5. The van der Waals surface area contributed by atoms with Gasteiger partial charge in [-0.1, -0.05) is 49.8 Å². The zero-order chi connectivity index (χ0) is 28.4. The second-order valence-corrected chi connectivity index (χ2v) is 12.4. The average molecular weight is 545 g/mol. The normalized spacial score (nSPS) is 45.7. The Morgan fingerprint density at radius 2 is 1.90 bits per heavy atom. The van der Waals surface area contributed by atoms with Crippen LogP contribution in [0.3, 0.4) is 0 Å². The lowest BCUT2D eigenvalue weighted by Gasteiger charge is -2.49. The summed E-state index contributed by atoms with van der Waals surface area (Å²) in [4.78, 5) is 13.9. The summed E-state index contributed by atoms with van der Waals surface area (Å²) in [6.07, 6.45) is 13.3. The lowest BCUT2D eigenvalue weighted by Crippen LogP contribution is -2.55. The van der Waals surface area contributed by atoms with Crippen LogP contribution in [0.5, 0.6) is 0 Å². The van der Waals surface area contributed by atoms with Crippen LogP contribution in [0.25, 0.3) is 0 Å². The predicted octanol–water partition coefficient (Wildman–Crippen LogP) is 5.17. The Morgan fingerprint density at radius 3 is 2.59 bits per heavy atom. The maximum Gasteiger partial charge on any atom is 0.316 e. The van der Waals surface area contributed by atoms with Gasteiger partial charge in [0.2, 0.25) is 0 Å². The van der Waals surface area contributed by atoms with Crippen molar-refractivity contribution < 1.29 is 34.0 Å². The van der Waals surface area contributed by atoms with Crippen molar-refractivity contribution in [2.45, 2.75) is 115 Å². The first-order valence-electron chi connectivity index (χ1n) is 14.6. The molecular weight excluding hydrogens is 496 g/mol. The quantitative estimate of drug-likeness (QED) is 0.366. The molecule has 218 valence electrons. The predicted molar refractivity (Wildman–Crippen MR) is 150 cm³/mol. The van der Waals surface area contributed by atoms with Crippen LogP contribution < -0.4 is 0 Å². The SMILES string of the molecule is CO[C@H]1C[C@@]2(O)/C(CO)=C\C=C\[C@H](C)C/C(C)=C/C[C@H]3C[C@@H](C[C@]4(CC[C@H](C)[C@@H](C)O4)O3)OC(=O)[C@@H]2C=C1C. The van der Waals surface area contributed by atoms with E-state index >= 15 is 0 Å². The first-order chi connectivity index (χ1) is 18.5. The fourth-order valence-corrected chi connectivity index (χ4v) is 6.66. The highest BCUT2D eigenvalue weighted by molar-refractivity contribution is 5.78. The van der Waals surface area contributed by atoms with Gasteiger partial charge in [0.25, 0.3) is 0 Å². The molecule has 2 fully saturated rings. The second-order valence-electron chi connectivity index (χ2n) is 12.4. The minimum absolute atomic E-state index is 0.0499. The third-order valence-electron chi connectivity index (χ3n) is 9.23. The first kappa shape index (κ1) is 30.2. The number of aliphatic hydroxyl groups is 2. The summed E-state index contributed by atoms with van der Waals surface area (Å²) in [6, 6.07) is 0. The second kappa shape index (κ2) is 12.4. The Labute approximate surface area is 233 Å². The Balaban J connectivity index is 1.73. The molecule has 3 aliphatic heterocycles. The molecule has 2 saturated heterocycles. The summed E-state index contributed by atoms with van der Waals surface area (Å²) < 4.78 is 25.0. The Kier molecular flexibility index (Phi) is 9.60. The third kappa shape index (κ3) is 6.76. The van der Waals surface area contributed by atoms with E-state index in [4.69, 9.17) is 18.9 Å². The van der Waals surface area contributed by atoms with Gasteiger partial charge in [-0.2, -0.15) is 0 Å². The molecule has 3 heterocycles. The summed E-state index contributed by atoms with van der Waals surface area (Å²) in [5.74, 6) is -1.55. The van der Waals surface area contributed by atoms with E-state index in [1.54, 1.807) is 19.3 Å². The van der Waals surface area contributed by atoms with E-state index in [0.717, 1.165) is 31.3 Å². The van der Waals surface area contributed by atoms with Crippen LogP contribution in [0.15, 0.2) is 47.1 Å². The molecule has 0 radical (unpaired) electrons. The largest absolute Gasteiger partial charge is 0.462 e. The molecule has 1 aliphatic carbocycles. The molecule has 4 rings (SSSR count). The Hall–Kier alpha value is -1.77. The van der Waals surface area contributed by atoms with E-state index in [1.165, 1.54) is 5.57 Å². The lowest BCUT2D eigenvalue weighted by molar-refractivity contribution is -0.332. The fraction of sp³-hybridized carbons (Fsp3) is 0.719. The van der Waals surface area contributed by atoms with Crippen molar-refractivity contribution in [1.29, 1.82) is 0 Å². The molecule has 1 spiro atoms. The summed E-state index contributed by atoms with van der Waals surface area (Å²) in [5.41, 5.74) is 0.863. The standard InChI is InChI=1S/C32H48O7/c1-20-8-7-9-25(19-33)32(35)18-29(36-6)23(4)15-28(32)30(34)37-27-16-26(11-10-21(2)14-20)39-31(17-27)13-12-22(3)24(5)38-31/h7-10,15,20,22,24,26-29,33,35H,11-14,16-19H2,1-6H3/b8-7+,21-10+,25-9-/t20-,22-,24+,26-,27-,28-,29-,31-,32+/m0/s1. The van der Waals surface area contributed by atoms with E-state index in [0.29, 0.717) is 24.3 Å². The van der Waals surface area contributed by atoms with Crippen LogP contribution in [0, 0.1) is 17.8 Å². The number of ether oxygens (including phenoxy) is 4. The van der Waals surface area contributed by atoms with Crippen molar-refractivity contribution in [2.24, 2.45) is 17.8 Å². The van der Waals surface area contributed by atoms with Crippen LogP contribution in [0.1, 0.15) is 79.6 Å². The van der Waals surface area contributed by atoms with Crippen molar-refractivity contribution in [3.8, 4) is 0 Å². The minimum Gasteiger partial charge on any atom is -0.462 e. The molecule has 0 aromatic rings.